The third-order valence-corrected chi connectivity index (χ3v) is 11.4. The lowest BCUT2D eigenvalue weighted by Gasteiger charge is -2.39. The number of piperazine rings is 1. The fourth-order valence-corrected chi connectivity index (χ4v) is 8.22. The van der Waals surface area contributed by atoms with Crippen LogP contribution in [0.5, 0.6) is 0 Å². The van der Waals surface area contributed by atoms with E-state index in [1.807, 2.05) is 0 Å². The number of carbonyl (C=O) groups excluding carboxylic acids is 2. The molecule has 3 saturated heterocycles. The minimum Gasteiger partial charge on any atom is -0.378 e. The molecule has 4 amide bonds. The van der Waals surface area contributed by atoms with E-state index in [0.29, 0.717) is 38.4 Å². The number of sulfone groups is 1. The fourth-order valence-electron chi connectivity index (χ4n) is 6.14. The third-order valence-electron chi connectivity index (χ3n) is 8.89. The first-order valence-corrected chi connectivity index (χ1v) is 16.0. The highest BCUT2D eigenvalue weighted by molar-refractivity contribution is 7.92. The van der Waals surface area contributed by atoms with E-state index in [4.69, 9.17) is 4.74 Å². The van der Waals surface area contributed by atoms with Crippen LogP contribution in [0.3, 0.4) is 0 Å². The summed E-state index contributed by atoms with van der Waals surface area (Å²) in [5.74, 6) is -0.754. The van der Waals surface area contributed by atoms with Crippen molar-refractivity contribution in [1.29, 1.82) is 0 Å². The number of alkyl halides is 6. The molecule has 1 unspecified atom stereocenters. The van der Waals surface area contributed by atoms with Crippen molar-refractivity contribution in [2.75, 3.05) is 65.6 Å². The Bertz CT molecular complexity index is 1560. The minimum absolute atomic E-state index is 0.130. The molecule has 10 nitrogen and oxygen atoms in total. The van der Waals surface area contributed by atoms with E-state index in [0.717, 1.165) is 36.4 Å². The standard InChI is InChI=1S/C29H31F7N4O6S/c30-22-5-7-23(8-6-22)47(44,45)26(20-1-3-21(4-2-20)27(43,28(31,32)33)29(34,35)36)9-10-40(19-26)25(42)38-13-11-37(12-14-38)24(41)39-15-17-46-18-16-39/h1-8,43H,9-19H2. The van der Waals surface area contributed by atoms with Crippen LogP contribution < -0.4 is 0 Å². The second kappa shape index (κ2) is 12.4. The van der Waals surface area contributed by atoms with Crippen molar-refractivity contribution in [3.63, 3.8) is 0 Å². The van der Waals surface area contributed by atoms with Crippen molar-refractivity contribution in [1.82, 2.24) is 19.6 Å². The van der Waals surface area contributed by atoms with Gasteiger partial charge in [-0.25, -0.2) is 22.4 Å². The zero-order chi connectivity index (χ0) is 34.4. The molecule has 1 atom stereocenters. The highest BCUT2D eigenvalue weighted by Crippen LogP contribution is 2.51. The number of carbonyl (C=O) groups is 2. The molecule has 2 aromatic carbocycles. The summed E-state index contributed by atoms with van der Waals surface area (Å²) in [6.07, 6.45) is -12.6. The molecule has 258 valence electrons. The number of urea groups is 2. The highest BCUT2D eigenvalue weighted by atomic mass is 32.2. The molecule has 2 aromatic rings. The smallest absolute Gasteiger partial charge is 0.378 e. The van der Waals surface area contributed by atoms with Crippen molar-refractivity contribution in [3.05, 3.63) is 65.5 Å². The molecule has 0 radical (unpaired) electrons. The van der Waals surface area contributed by atoms with Gasteiger partial charge in [0.25, 0.3) is 5.60 Å². The van der Waals surface area contributed by atoms with E-state index in [9.17, 15) is 53.8 Å². The molecule has 5 rings (SSSR count). The molecule has 3 fully saturated rings. The predicted molar refractivity (Wildman–Crippen MR) is 150 cm³/mol. The van der Waals surface area contributed by atoms with Crippen molar-refractivity contribution in [3.8, 4) is 0 Å². The van der Waals surface area contributed by atoms with Gasteiger partial charge in [-0.3, -0.25) is 0 Å². The molecule has 0 bridgehead atoms. The minimum atomic E-state index is -6.15. The number of aliphatic hydroxyl groups is 1. The number of halogens is 7. The molecule has 0 aliphatic carbocycles. The van der Waals surface area contributed by atoms with Gasteiger partial charge in [0.2, 0.25) is 0 Å². The number of likely N-dealkylation sites (tertiary alicyclic amines) is 1. The van der Waals surface area contributed by atoms with Crippen molar-refractivity contribution in [2.45, 2.75) is 34.0 Å². The van der Waals surface area contributed by atoms with Gasteiger partial charge in [-0.15, -0.1) is 0 Å². The molecule has 3 aliphatic rings. The first-order chi connectivity index (χ1) is 21.9. The summed E-state index contributed by atoms with van der Waals surface area (Å²) in [4.78, 5) is 32.0. The van der Waals surface area contributed by atoms with Crippen LogP contribution in [0, 0.1) is 5.82 Å². The molecule has 0 aromatic heterocycles. The summed E-state index contributed by atoms with van der Waals surface area (Å²) in [5.41, 5.74) is -7.04. The Morgan fingerprint density at radius 1 is 0.702 bits per heavy atom. The first kappa shape index (κ1) is 34.7. The van der Waals surface area contributed by atoms with Crippen molar-refractivity contribution in [2.24, 2.45) is 0 Å². The Balaban J connectivity index is 1.42. The zero-order valence-electron chi connectivity index (χ0n) is 24.7. The van der Waals surface area contributed by atoms with Gasteiger partial charge in [0.05, 0.1) is 18.1 Å². The number of benzene rings is 2. The van der Waals surface area contributed by atoms with Crippen LogP contribution >= 0.6 is 0 Å². The zero-order valence-corrected chi connectivity index (χ0v) is 25.5. The predicted octanol–water partition coefficient (Wildman–Crippen LogP) is 3.70. The maximum absolute atomic E-state index is 14.1. The maximum Gasteiger partial charge on any atom is 0.430 e. The SMILES string of the molecule is O=C(N1CCOCC1)N1CCN(C(=O)N2CCC(c3ccc(C(O)(C(F)(F)F)C(F)(F)F)cc3)(S(=O)(=O)c3ccc(F)cc3)C2)CC1. The normalized spacial score (nSPS) is 21.7. The van der Waals surface area contributed by atoms with Crippen LogP contribution in [0.25, 0.3) is 0 Å². The highest BCUT2D eigenvalue weighted by Gasteiger charge is 2.71. The van der Waals surface area contributed by atoms with Gasteiger partial charge in [0, 0.05) is 57.9 Å². The van der Waals surface area contributed by atoms with Crippen molar-refractivity contribution >= 4 is 21.9 Å². The van der Waals surface area contributed by atoms with E-state index in [2.05, 4.69) is 0 Å². The molecule has 47 heavy (non-hydrogen) atoms. The summed E-state index contributed by atoms with van der Waals surface area (Å²) >= 11 is 0. The van der Waals surface area contributed by atoms with Gasteiger partial charge in [0.15, 0.2) is 9.84 Å². The average molecular weight is 697 g/mol. The lowest BCUT2D eigenvalue weighted by molar-refractivity contribution is -0.376. The van der Waals surface area contributed by atoms with Crippen LogP contribution in [0.1, 0.15) is 17.5 Å². The molecular formula is C29H31F7N4O6S. The summed E-state index contributed by atoms with van der Waals surface area (Å²) in [6, 6.07) is 5.16. The summed E-state index contributed by atoms with van der Waals surface area (Å²) in [6.45, 7) is 1.69. The van der Waals surface area contributed by atoms with E-state index >= 15 is 0 Å². The van der Waals surface area contributed by atoms with Crippen LogP contribution in [0.4, 0.5) is 40.3 Å². The molecule has 3 heterocycles. The largest absolute Gasteiger partial charge is 0.430 e. The Morgan fingerprint density at radius 2 is 1.17 bits per heavy atom. The van der Waals surface area contributed by atoms with Crippen molar-refractivity contribution < 1.29 is 58.6 Å². The van der Waals surface area contributed by atoms with Gasteiger partial charge in [-0.1, -0.05) is 24.3 Å². The van der Waals surface area contributed by atoms with Crippen LogP contribution in [-0.2, 0) is 24.9 Å². The second-order valence-corrected chi connectivity index (χ2v) is 13.8. The van der Waals surface area contributed by atoms with E-state index in [1.54, 1.807) is 9.80 Å². The number of morpholine rings is 1. The monoisotopic (exact) mass is 696 g/mol. The summed E-state index contributed by atoms with van der Waals surface area (Å²) < 4.78 is 126. The third kappa shape index (κ3) is 6.10. The van der Waals surface area contributed by atoms with Crippen LogP contribution in [-0.4, -0.2) is 123 Å². The Labute approximate surface area is 265 Å². The molecule has 3 aliphatic heterocycles. The van der Waals surface area contributed by atoms with E-state index in [-0.39, 0.29) is 55.6 Å². The average Bonchev–Trinajstić information content (AvgIpc) is 3.51. The fraction of sp³-hybridized carbons (Fsp3) is 0.517. The molecule has 0 saturated carbocycles. The maximum atomic E-state index is 14.1. The lowest BCUT2D eigenvalue weighted by atomic mass is 9.89. The van der Waals surface area contributed by atoms with Crippen LogP contribution in [0.2, 0.25) is 0 Å². The Kier molecular flexibility index (Phi) is 9.17. The second-order valence-electron chi connectivity index (χ2n) is 11.5. The molecule has 18 heteroatoms. The summed E-state index contributed by atoms with van der Waals surface area (Å²) in [5, 5.41) is 9.83. The number of hydrogen-bond acceptors (Lipinski definition) is 6. The Hall–Kier alpha value is -3.64. The lowest BCUT2D eigenvalue weighted by Crippen LogP contribution is -2.57. The van der Waals surface area contributed by atoms with Gasteiger partial charge in [-0.2, -0.15) is 26.3 Å². The van der Waals surface area contributed by atoms with Gasteiger partial charge in [-0.05, 0) is 36.2 Å². The van der Waals surface area contributed by atoms with Gasteiger partial charge < -0.3 is 29.4 Å². The number of hydrogen-bond donors (Lipinski definition) is 1. The number of rotatable bonds is 4. The molecule has 0 spiro atoms. The van der Waals surface area contributed by atoms with E-state index < -0.39 is 56.5 Å². The van der Waals surface area contributed by atoms with Gasteiger partial charge in [0.1, 0.15) is 10.6 Å². The first-order valence-electron chi connectivity index (χ1n) is 14.5. The quantitative estimate of drug-likeness (QED) is 0.386. The number of ether oxygens (including phenoxy) is 1. The summed E-state index contributed by atoms with van der Waals surface area (Å²) in [7, 11) is -4.56. The topological polar surface area (TPSA) is 111 Å². The molecule has 1 N–H and O–H groups in total. The van der Waals surface area contributed by atoms with Gasteiger partial charge >= 0.3 is 24.4 Å². The van der Waals surface area contributed by atoms with E-state index in [1.165, 1.54) is 9.80 Å². The van der Waals surface area contributed by atoms with Crippen LogP contribution in [0.15, 0.2) is 53.4 Å². The number of amides is 4. The molecular weight excluding hydrogens is 665 g/mol. The number of nitrogens with zero attached hydrogens (tertiary/aromatic N) is 4. The Morgan fingerprint density at radius 3 is 1.66 bits per heavy atom.